The number of hydrogen-bond acceptors (Lipinski definition) is 7. The first-order chi connectivity index (χ1) is 16.3. The molecule has 0 bridgehead atoms. The molecule has 2 fully saturated rings. The van der Waals surface area contributed by atoms with Crippen LogP contribution in [0.2, 0.25) is 0 Å². The lowest BCUT2D eigenvalue weighted by atomic mass is 9.88. The van der Waals surface area contributed by atoms with Crippen molar-refractivity contribution in [3.05, 3.63) is 46.5 Å². The van der Waals surface area contributed by atoms with Gasteiger partial charge in [0.2, 0.25) is 0 Å². The van der Waals surface area contributed by atoms with E-state index in [4.69, 9.17) is 4.74 Å². The molecule has 2 aliphatic carbocycles. The summed E-state index contributed by atoms with van der Waals surface area (Å²) in [6, 6.07) is 3.93. The van der Waals surface area contributed by atoms with Crippen LogP contribution in [0.1, 0.15) is 42.1 Å². The Morgan fingerprint density at radius 2 is 2.12 bits per heavy atom. The molecule has 12 heteroatoms. The number of amides is 1. The number of hydrogen-bond donors (Lipinski definition) is 3. The summed E-state index contributed by atoms with van der Waals surface area (Å²) in [5, 5.41) is 12.5. The van der Waals surface area contributed by atoms with E-state index in [0.717, 1.165) is 12.8 Å². The Kier molecular flexibility index (Phi) is 5.47. The number of fused-ring (bicyclic) bond motifs is 1. The van der Waals surface area contributed by atoms with Gasteiger partial charge in [0.1, 0.15) is 22.9 Å². The Labute approximate surface area is 193 Å². The molecule has 0 unspecified atom stereocenters. The number of carbonyl (C=O) groups is 1. The maximum atomic E-state index is 13.6. The highest BCUT2D eigenvalue weighted by Crippen LogP contribution is 2.38. The van der Waals surface area contributed by atoms with Gasteiger partial charge in [0, 0.05) is 38.9 Å². The van der Waals surface area contributed by atoms with E-state index in [0.29, 0.717) is 17.3 Å². The number of alkyl halides is 2. The molecule has 34 heavy (non-hydrogen) atoms. The van der Waals surface area contributed by atoms with Gasteiger partial charge >= 0.3 is 0 Å². The van der Waals surface area contributed by atoms with Crippen molar-refractivity contribution in [2.45, 2.75) is 49.8 Å². The number of nitrogens with one attached hydrogen (secondary N) is 3. The average Bonchev–Trinajstić information content (AvgIpc) is 3.22. The van der Waals surface area contributed by atoms with Gasteiger partial charge in [-0.05, 0) is 31.4 Å². The van der Waals surface area contributed by atoms with Crippen LogP contribution in [0.25, 0.3) is 5.65 Å². The first-order valence-corrected chi connectivity index (χ1v) is 11.1. The Balaban J connectivity index is 1.44. The van der Waals surface area contributed by atoms with Crippen molar-refractivity contribution >= 4 is 28.9 Å². The van der Waals surface area contributed by atoms with Gasteiger partial charge in [-0.25, -0.2) is 13.8 Å². The fraction of sp³-hybridized carbons (Fsp3) is 0.455. The predicted molar refractivity (Wildman–Crippen MR) is 121 cm³/mol. The van der Waals surface area contributed by atoms with Crippen molar-refractivity contribution in [3.63, 3.8) is 0 Å². The van der Waals surface area contributed by atoms with Crippen LogP contribution in [0.4, 0.5) is 26.1 Å². The summed E-state index contributed by atoms with van der Waals surface area (Å²) in [7, 11) is 3.33. The number of aromatic nitrogens is 4. The van der Waals surface area contributed by atoms with E-state index in [-0.39, 0.29) is 41.8 Å². The van der Waals surface area contributed by atoms with Crippen LogP contribution in [0.15, 0.2) is 35.4 Å². The fourth-order valence-electron chi connectivity index (χ4n) is 4.27. The smallest absolute Gasteiger partial charge is 0.274 e. The maximum absolute atomic E-state index is 13.6. The third-order valence-corrected chi connectivity index (χ3v) is 6.59. The van der Waals surface area contributed by atoms with Crippen molar-refractivity contribution in [2.75, 3.05) is 24.8 Å². The SMILES string of the molecule is CNc1cc(Nc2cccn([C@H]3C[C@H](OC)C3)c2=O)nc2c(C(=O)N[C@@H]3CCC3(F)F)cnn12. The minimum atomic E-state index is -2.91. The molecule has 3 N–H and O–H groups in total. The molecule has 2 aliphatic rings. The Hall–Kier alpha value is -3.54. The van der Waals surface area contributed by atoms with E-state index in [2.05, 4.69) is 26.0 Å². The largest absolute Gasteiger partial charge is 0.381 e. The normalized spacial score (nSPS) is 23.1. The molecule has 0 spiro atoms. The van der Waals surface area contributed by atoms with Crippen LogP contribution < -0.4 is 21.5 Å². The molecule has 3 aromatic rings. The van der Waals surface area contributed by atoms with Crippen molar-refractivity contribution < 1.29 is 18.3 Å². The molecule has 3 heterocycles. The van der Waals surface area contributed by atoms with Gasteiger partial charge in [0.25, 0.3) is 17.4 Å². The van der Waals surface area contributed by atoms with Crippen molar-refractivity contribution in [3.8, 4) is 0 Å². The summed E-state index contributed by atoms with van der Waals surface area (Å²) >= 11 is 0. The monoisotopic (exact) mass is 473 g/mol. The Morgan fingerprint density at radius 3 is 2.76 bits per heavy atom. The molecule has 2 saturated carbocycles. The van der Waals surface area contributed by atoms with Crippen molar-refractivity contribution in [1.29, 1.82) is 0 Å². The first kappa shape index (κ1) is 22.3. The zero-order valence-electron chi connectivity index (χ0n) is 18.7. The number of pyridine rings is 1. The van der Waals surface area contributed by atoms with E-state index in [1.54, 1.807) is 43.1 Å². The molecular weight excluding hydrogens is 448 g/mol. The highest BCUT2D eigenvalue weighted by Gasteiger charge is 2.49. The van der Waals surface area contributed by atoms with Crippen LogP contribution >= 0.6 is 0 Å². The second kappa shape index (κ2) is 8.35. The van der Waals surface area contributed by atoms with Crippen molar-refractivity contribution in [2.24, 2.45) is 0 Å². The lowest BCUT2D eigenvalue weighted by Crippen LogP contribution is -2.55. The molecule has 5 rings (SSSR count). The number of rotatable bonds is 7. The molecule has 0 aliphatic heterocycles. The number of methoxy groups -OCH3 is 1. The van der Waals surface area contributed by atoms with Gasteiger partial charge in [0.05, 0.1) is 18.3 Å². The zero-order valence-corrected chi connectivity index (χ0v) is 18.7. The highest BCUT2D eigenvalue weighted by molar-refractivity contribution is 6.00. The topological polar surface area (TPSA) is 115 Å². The van der Waals surface area contributed by atoms with Crippen LogP contribution in [-0.4, -0.2) is 57.3 Å². The third kappa shape index (κ3) is 3.77. The van der Waals surface area contributed by atoms with E-state index >= 15 is 0 Å². The molecule has 3 aromatic heterocycles. The molecule has 0 saturated heterocycles. The molecule has 0 aromatic carbocycles. The molecule has 10 nitrogen and oxygen atoms in total. The summed E-state index contributed by atoms with van der Waals surface area (Å²) in [5.41, 5.74) is 0.358. The van der Waals surface area contributed by atoms with Gasteiger partial charge in [-0.2, -0.15) is 9.61 Å². The Morgan fingerprint density at radius 1 is 1.32 bits per heavy atom. The number of carbonyl (C=O) groups excluding carboxylic acids is 1. The molecule has 0 radical (unpaired) electrons. The fourth-order valence-corrected chi connectivity index (χ4v) is 4.27. The summed E-state index contributed by atoms with van der Waals surface area (Å²) in [6.07, 6.45) is 4.69. The van der Waals surface area contributed by atoms with Crippen LogP contribution in [0, 0.1) is 0 Å². The predicted octanol–water partition coefficient (Wildman–Crippen LogP) is 2.55. The highest BCUT2D eigenvalue weighted by atomic mass is 19.3. The van der Waals surface area contributed by atoms with E-state index in [1.165, 1.54) is 10.7 Å². The van der Waals surface area contributed by atoms with E-state index in [9.17, 15) is 18.4 Å². The second-order valence-corrected chi connectivity index (χ2v) is 8.64. The van der Waals surface area contributed by atoms with Gasteiger partial charge in [0.15, 0.2) is 5.65 Å². The second-order valence-electron chi connectivity index (χ2n) is 8.64. The van der Waals surface area contributed by atoms with E-state index in [1.807, 2.05) is 0 Å². The zero-order chi connectivity index (χ0) is 24.0. The summed E-state index contributed by atoms with van der Waals surface area (Å²) in [5.74, 6) is -2.78. The molecular formula is C22H25F2N7O3. The van der Waals surface area contributed by atoms with Crippen molar-refractivity contribution in [1.82, 2.24) is 24.5 Å². The molecule has 1 amide bonds. The van der Waals surface area contributed by atoms with Crippen LogP contribution in [0.5, 0.6) is 0 Å². The standard InChI is InChI=1S/C22H25F2N7O3/c1-25-18-10-17(27-15-4-3-7-30(21(15)33)12-8-13(9-12)34-2)29-19-14(11-26-31(18)19)20(32)28-16-5-6-22(16,23)24/h3-4,7,10-13,16,25H,5-6,8-9H2,1-2H3,(H,27,29)(H,28,32)/t12-,13-,16-/m1/s1. The summed E-state index contributed by atoms with van der Waals surface area (Å²) in [4.78, 5) is 30.2. The number of ether oxygens (including phenoxy) is 1. The molecule has 180 valence electrons. The van der Waals surface area contributed by atoms with Gasteiger partial charge < -0.3 is 25.3 Å². The minimum Gasteiger partial charge on any atom is -0.381 e. The van der Waals surface area contributed by atoms with Crippen LogP contribution in [-0.2, 0) is 4.74 Å². The number of anilines is 3. The van der Waals surface area contributed by atoms with E-state index < -0.39 is 17.9 Å². The molecule has 1 atom stereocenters. The number of nitrogens with zero attached hydrogens (tertiary/aromatic N) is 4. The summed E-state index contributed by atoms with van der Waals surface area (Å²) in [6.45, 7) is 0. The number of halogens is 2. The lowest BCUT2D eigenvalue weighted by molar-refractivity contribution is -0.102. The minimum absolute atomic E-state index is 0.0633. The van der Waals surface area contributed by atoms with Gasteiger partial charge in [-0.15, -0.1) is 0 Å². The maximum Gasteiger partial charge on any atom is 0.274 e. The van der Waals surface area contributed by atoms with Gasteiger partial charge in [-0.1, -0.05) is 0 Å². The first-order valence-electron chi connectivity index (χ1n) is 11.1. The summed E-state index contributed by atoms with van der Waals surface area (Å²) < 4.78 is 35.7. The lowest BCUT2D eigenvalue weighted by Gasteiger charge is -2.36. The average molecular weight is 473 g/mol. The Bertz CT molecular complexity index is 1300. The third-order valence-electron chi connectivity index (χ3n) is 6.59. The quantitative estimate of drug-likeness (QED) is 0.483. The van der Waals surface area contributed by atoms with Crippen LogP contribution in [0.3, 0.4) is 0 Å². The van der Waals surface area contributed by atoms with Gasteiger partial charge in [-0.3, -0.25) is 9.59 Å².